The van der Waals surface area contributed by atoms with Gasteiger partial charge in [-0.1, -0.05) is 0 Å². The highest BCUT2D eigenvalue weighted by molar-refractivity contribution is 5.34. The van der Waals surface area contributed by atoms with Crippen LogP contribution < -0.4 is 10.1 Å². The van der Waals surface area contributed by atoms with Gasteiger partial charge < -0.3 is 19.5 Å². The normalized spacial score (nSPS) is 26.3. The summed E-state index contributed by atoms with van der Waals surface area (Å²) in [7, 11) is 0. The molecule has 5 nitrogen and oxygen atoms in total. The summed E-state index contributed by atoms with van der Waals surface area (Å²) >= 11 is 0. The van der Waals surface area contributed by atoms with Crippen molar-refractivity contribution in [2.45, 2.75) is 37.5 Å². The molecule has 1 aromatic rings. The highest BCUT2D eigenvalue weighted by Gasteiger charge is 2.30. The first kappa shape index (κ1) is 15.3. The molecule has 1 aromatic carbocycles. The van der Waals surface area contributed by atoms with E-state index < -0.39 is 0 Å². The van der Waals surface area contributed by atoms with Crippen molar-refractivity contribution in [1.29, 1.82) is 5.26 Å². The molecule has 2 aliphatic heterocycles. The third kappa shape index (κ3) is 3.98. The lowest BCUT2D eigenvalue weighted by atomic mass is 10.0. The first-order valence-electron chi connectivity index (χ1n) is 7.93. The Labute approximate surface area is 131 Å². The molecule has 118 valence electrons. The molecule has 0 radical (unpaired) electrons. The Bertz CT molecular complexity index is 506. The number of nitrogens with zero attached hydrogens (tertiary/aromatic N) is 1. The van der Waals surface area contributed by atoms with E-state index in [1.54, 1.807) is 12.1 Å². The van der Waals surface area contributed by atoms with Gasteiger partial charge in [0.15, 0.2) is 0 Å². The molecule has 2 heterocycles. The zero-order chi connectivity index (χ0) is 15.2. The van der Waals surface area contributed by atoms with Gasteiger partial charge in [0, 0.05) is 25.7 Å². The average molecular weight is 302 g/mol. The van der Waals surface area contributed by atoms with Crippen molar-refractivity contribution >= 4 is 0 Å². The summed E-state index contributed by atoms with van der Waals surface area (Å²) in [6, 6.07) is 10.1. The average Bonchev–Trinajstić information content (AvgIpc) is 2.58. The fraction of sp³-hybridized carbons (Fsp3) is 0.588. The van der Waals surface area contributed by atoms with Crippen LogP contribution in [0.25, 0.3) is 0 Å². The summed E-state index contributed by atoms with van der Waals surface area (Å²) < 4.78 is 17.1. The standard InChI is InChI=1S/C17H22N2O3/c18-11-13-1-3-15(4-2-13)22-17-7-10-21-12-16(17)19-14-5-8-20-9-6-14/h1-4,14,16-17,19H,5-10,12H2/t16-,17-/m1/s1. The quantitative estimate of drug-likeness (QED) is 0.920. The monoisotopic (exact) mass is 302 g/mol. The van der Waals surface area contributed by atoms with Crippen molar-refractivity contribution in [3.8, 4) is 11.8 Å². The van der Waals surface area contributed by atoms with Crippen LogP contribution in [0, 0.1) is 11.3 Å². The maximum Gasteiger partial charge on any atom is 0.119 e. The fourth-order valence-electron chi connectivity index (χ4n) is 2.96. The molecule has 0 aromatic heterocycles. The zero-order valence-electron chi connectivity index (χ0n) is 12.7. The van der Waals surface area contributed by atoms with Crippen LogP contribution in [0.4, 0.5) is 0 Å². The van der Waals surface area contributed by atoms with Gasteiger partial charge in [0.25, 0.3) is 0 Å². The van der Waals surface area contributed by atoms with Gasteiger partial charge in [-0.15, -0.1) is 0 Å². The van der Waals surface area contributed by atoms with Gasteiger partial charge in [0.05, 0.1) is 30.9 Å². The third-order valence-corrected chi connectivity index (χ3v) is 4.23. The Morgan fingerprint density at radius 2 is 1.77 bits per heavy atom. The third-order valence-electron chi connectivity index (χ3n) is 4.23. The molecule has 0 bridgehead atoms. The van der Waals surface area contributed by atoms with Gasteiger partial charge in [-0.05, 0) is 37.1 Å². The summed E-state index contributed by atoms with van der Waals surface area (Å²) in [4.78, 5) is 0. The van der Waals surface area contributed by atoms with Gasteiger partial charge in [0.2, 0.25) is 0 Å². The van der Waals surface area contributed by atoms with Crippen molar-refractivity contribution in [2.24, 2.45) is 0 Å². The zero-order valence-corrected chi connectivity index (χ0v) is 12.7. The van der Waals surface area contributed by atoms with E-state index in [9.17, 15) is 0 Å². The maximum atomic E-state index is 8.85. The Morgan fingerprint density at radius 3 is 2.50 bits per heavy atom. The molecule has 0 saturated carbocycles. The summed E-state index contributed by atoms with van der Waals surface area (Å²) in [6.45, 7) is 3.06. The summed E-state index contributed by atoms with van der Waals surface area (Å²) in [5.41, 5.74) is 0.649. The van der Waals surface area contributed by atoms with Crippen LogP contribution in [0.2, 0.25) is 0 Å². The Hall–Kier alpha value is -1.61. The predicted molar refractivity (Wildman–Crippen MR) is 81.8 cm³/mol. The highest BCUT2D eigenvalue weighted by Crippen LogP contribution is 2.20. The predicted octanol–water partition coefficient (Wildman–Crippen LogP) is 1.86. The van der Waals surface area contributed by atoms with Crippen LogP contribution >= 0.6 is 0 Å². The Balaban J connectivity index is 1.60. The second kappa shape index (κ2) is 7.59. The smallest absolute Gasteiger partial charge is 0.119 e. The van der Waals surface area contributed by atoms with Crippen LogP contribution in [0.5, 0.6) is 5.75 Å². The molecular formula is C17H22N2O3. The molecule has 0 aliphatic carbocycles. The topological polar surface area (TPSA) is 63.5 Å². The van der Waals surface area contributed by atoms with E-state index >= 15 is 0 Å². The van der Waals surface area contributed by atoms with Gasteiger partial charge in [-0.3, -0.25) is 0 Å². The van der Waals surface area contributed by atoms with Gasteiger partial charge >= 0.3 is 0 Å². The van der Waals surface area contributed by atoms with Crippen molar-refractivity contribution in [1.82, 2.24) is 5.32 Å². The van der Waals surface area contributed by atoms with Crippen molar-refractivity contribution in [3.05, 3.63) is 29.8 Å². The summed E-state index contributed by atoms with van der Waals surface area (Å²) in [5.74, 6) is 0.810. The molecule has 2 fully saturated rings. The minimum Gasteiger partial charge on any atom is -0.489 e. The summed E-state index contributed by atoms with van der Waals surface area (Å²) in [6.07, 6.45) is 3.06. The number of rotatable bonds is 4. The number of nitrogens with one attached hydrogen (secondary N) is 1. The van der Waals surface area contributed by atoms with E-state index in [2.05, 4.69) is 11.4 Å². The molecule has 1 N–H and O–H groups in total. The largest absolute Gasteiger partial charge is 0.489 e. The number of hydrogen-bond donors (Lipinski definition) is 1. The van der Waals surface area contributed by atoms with Crippen molar-refractivity contribution in [2.75, 3.05) is 26.4 Å². The minimum atomic E-state index is 0.101. The second-order valence-electron chi connectivity index (χ2n) is 5.82. The molecule has 5 heteroatoms. The molecule has 0 amide bonds. The molecule has 0 spiro atoms. The molecule has 2 atom stereocenters. The first-order chi connectivity index (χ1) is 10.8. The van der Waals surface area contributed by atoms with Gasteiger partial charge in [-0.2, -0.15) is 5.26 Å². The Morgan fingerprint density at radius 1 is 1.05 bits per heavy atom. The number of ether oxygens (including phenoxy) is 3. The van der Waals surface area contributed by atoms with Gasteiger partial charge in [-0.25, -0.2) is 0 Å². The van der Waals surface area contributed by atoms with Crippen molar-refractivity contribution in [3.63, 3.8) is 0 Å². The van der Waals surface area contributed by atoms with Crippen LogP contribution in [0.1, 0.15) is 24.8 Å². The van der Waals surface area contributed by atoms with E-state index in [4.69, 9.17) is 19.5 Å². The maximum absolute atomic E-state index is 8.85. The fourth-order valence-corrected chi connectivity index (χ4v) is 2.96. The molecule has 22 heavy (non-hydrogen) atoms. The lowest BCUT2D eigenvalue weighted by Crippen LogP contribution is -2.54. The molecule has 3 rings (SSSR count). The van der Waals surface area contributed by atoms with E-state index in [-0.39, 0.29) is 12.1 Å². The number of nitriles is 1. The Kier molecular flexibility index (Phi) is 5.28. The lowest BCUT2D eigenvalue weighted by Gasteiger charge is -2.36. The first-order valence-corrected chi connectivity index (χ1v) is 7.93. The highest BCUT2D eigenvalue weighted by atomic mass is 16.5. The lowest BCUT2D eigenvalue weighted by molar-refractivity contribution is -0.0149. The van der Waals surface area contributed by atoms with E-state index in [0.29, 0.717) is 18.2 Å². The van der Waals surface area contributed by atoms with E-state index in [0.717, 1.165) is 44.8 Å². The summed E-state index contributed by atoms with van der Waals surface area (Å²) in [5, 5.41) is 12.5. The SMILES string of the molecule is N#Cc1ccc(O[C@@H]2CCOC[C@H]2NC2CCOCC2)cc1. The number of benzene rings is 1. The molecule has 2 saturated heterocycles. The van der Waals surface area contributed by atoms with Crippen LogP contribution in [-0.2, 0) is 9.47 Å². The van der Waals surface area contributed by atoms with Gasteiger partial charge in [0.1, 0.15) is 11.9 Å². The molecular weight excluding hydrogens is 280 g/mol. The molecule has 2 aliphatic rings. The van der Waals surface area contributed by atoms with Crippen LogP contribution in [-0.4, -0.2) is 44.6 Å². The van der Waals surface area contributed by atoms with E-state index in [1.807, 2.05) is 12.1 Å². The van der Waals surface area contributed by atoms with Crippen LogP contribution in [0.3, 0.4) is 0 Å². The van der Waals surface area contributed by atoms with E-state index in [1.165, 1.54) is 0 Å². The van der Waals surface area contributed by atoms with Crippen LogP contribution in [0.15, 0.2) is 24.3 Å². The minimum absolute atomic E-state index is 0.101. The number of hydrogen-bond acceptors (Lipinski definition) is 5. The molecule has 0 unspecified atom stereocenters. The van der Waals surface area contributed by atoms with Crippen molar-refractivity contribution < 1.29 is 14.2 Å². The second-order valence-corrected chi connectivity index (χ2v) is 5.82.